The fourth-order valence-corrected chi connectivity index (χ4v) is 3.27. The Kier molecular flexibility index (Phi) is 5.53. The monoisotopic (exact) mass is 348 g/mol. The largest absolute Gasteiger partial charge is 0.445 e. The summed E-state index contributed by atoms with van der Waals surface area (Å²) in [4.78, 5) is 18.3. The van der Waals surface area contributed by atoms with E-state index in [9.17, 15) is 4.79 Å². The van der Waals surface area contributed by atoms with Crippen molar-refractivity contribution < 1.29 is 13.9 Å². The lowest BCUT2D eigenvalue weighted by Gasteiger charge is -2.31. The molecular weight excluding hydrogens is 328 g/mol. The molecule has 0 radical (unpaired) electrons. The molecule has 2 aromatic rings. The third-order valence-corrected chi connectivity index (χ3v) is 4.47. The first kappa shape index (κ1) is 17.0. The van der Waals surface area contributed by atoms with Crippen LogP contribution in [0.5, 0.6) is 0 Å². The molecule has 1 aromatic heterocycles. The Bertz CT molecular complexity index is 701. The lowest BCUT2D eigenvalue weighted by molar-refractivity contribution is -0.136. The molecule has 0 aliphatic carbocycles. The van der Waals surface area contributed by atoms with Gasteiger partial charge in [-0.15, -0.1) is 0 Å². The number of methoxy groups -OCH3 is 1. The molecule has 128 valence electrons. The number of carbonyl (C=O) groups excluding carboxylic acids is 1. The number of halogens is 1. The van der Waals surface area contributed by atoms with Crippen LogP contribution in [0.4, 0.5) is 0 Å². The number of carbonyl (C=O) groups is 1. The van der Waals surface area contributed by atoms with E-state index in [2.05, 4.69) is 4.98 Å². The summed E-state index contributed by atoms with van der Waals surface area (Å²) in [5.74, 6) is 1.69. The second-order valence-corrected chi connectivity index (χ2v) is 6.52. The molecule has 0 unspecified atom stereocenters. The second kappa shape index (κ2) is 7.81. The van der Waals surface area contributed by atoms with Crippen LogP contribution in [0.3, 0.4) is 0 Å². The minimum absolute atomic E-state index is 0.0212. The SMILES string of the molecule is COCC(=O)N1CCC[C@H](c2ncc(Cc3cccc(Cl)c3)o2)C1. The number of amides is 1. The van der Waals surface area contributed by atoms with E-state index in [0.717, 1.165) is 30.7 Å². The number of rotatable bonds is 5. The third kappa shape index (κ3) is 4.16. The molecule has 0 bridgehead atoms. The minimum Gasteiger partial charge on any atom is -0.445 e. The first-order chi connectivity index (χ1) is 11.7. The number of likely N-dealkylation sites (tertiary alicyclic amines) is 1. The number of benzene rings is 1. The number of oxazole rings is 1. The minimum atomic E-state index is 0.0212. The molecule has 0 saturated carbocycles. The lowest BCUT2D eigenvalue weighted by atomic mass is 9.98. The molecule has 1 aliphatic rings. The van der Waals surface area contributed by atoms with Gasteiger partial charge in [0.15, 0.2) is 5.89 Å². The molecule has 1 saturated heterocycles. The summed E-state index contributed by atoms with van der Waals surface area (Å²) in [5, 5.41) is 0.715. The van der Waals surface area contributed by atoms with E-state index in [4.69, 9.17) is 20.8 Å². The maximum atomic E-state index is 12.0. The van der Waals surface area contributed by atoms with Gasteiger partial charge in [-0.2, -0.15) is 0 Å². The molecule has 1 aromatic carbocycles. The number of ether oxygens (including phenoxy) is 1. The summed E-state index contributed by atoms with van der Waals surface area (Å²) >= 11 is 6.02. The quantitative estimate of drug-likeness (QED) is 0.832. The molecule has 0 N–H and O–H groups in total. The van der Waals surface area contributed by atoms with Crippen LogP contribution in [0.15, 0.2) is 34.9 Å². The van der Waals surface area contributed by atoms with Crippen molar-refractivity contribution in [1.82, 2.24) is 9.88 Å². The van der Waals surface area contributed by atoms with Gasteiger partial charge in [-0.25, -0.2) is 4.98 Å². The van der Waals surface area contributed by atoms with E-state index < -0.39 is 0 Å². The highest BCUT2D eigenvalue weighted by Crippen LogP contribution is 2.27. The van der Waals surface area contributed by atoms with Crippen LogP contribution in [0.1, 0.15) is 36.0 Å². The fraction of sp³-hybridized carbons (Fsp3) is 0.444. The number of hydrogen-bond donors (Lipinski definition) is 0. The van der Waals surface area contributed by atoms with Gasteiger partial charge in [0.1, 0.15) is 12.4 Å². The van der Waals surface area contributed by atoms with E-state index in [-0.39, 0.29) is 18.4 Å². The highest BCUT2D eigenvalue weighted by atomic mass is 35.5. The zero-order valence-corrected chi connectivity index (χ0v) is 14.5. The Hall–Kier alpha value is -1.85. The van der Waals surface area contributed by atoms with E-state index in [1.165, 1.54) is 7.11 Å². The van der Waals surface area contributed by atoms with Gasteiger partial charge in [0.25, 0.3) is 0 Å². The summed E-state index contributed by atoms with van der Waals surface area (Å²) < 4.78 is 10.9. The van der Waals surface area contributed by atoms with Crippen LogP contribution < -0.4 is 0 Å². The van der Waals surface area contributed by atoms with Crippen molar-refractivity contribution in [1.29, 1.82) is 0 Å². The molecule has 2 heterocycles. The van der Waals surface area contributed by atoms with Gasteiger partial charge >= 0.3 is 0 Å². The van der Waals surface area contributed by atoms with Gasteiger partial charge in [-0.3, -0.25) is 4.79 Å². The van der Waals surface area contributed by atoms with Crippen molar-refractivity contribution >= 4 is 17.5 Å². The van der Waals surface area contributed by atoms with Crippen LogP contribution >= 0.6 is 11.6 Å². The fourth-order valence-electron chi connectivity index (χ4n) is 3.06. The summed E-state index contributed by atoms with van der Waals surface area (Å²) in [6.45, 7) is 1.53. The maximum Gasteiger partial charge on any atom is 0.248 e. The average molecular weight is 349 g/mol. The van der Waals surface area contributed by atoms with Crippen LogP contribution in [0, 0.1) is 0 Å². The Balaban J connectivity index is 1.65. The summed E-state index contributed by atoms with van der Waals surface area (Å²) in [6, 6.07) is 7.72. The Morgan fingerprint density at radius 3 is 3.17 bits per heavy atom. The van der Waals surface area contributed by atoms with Gasteiger partial charge in [-0.05, 0) is 30.5 Å². The maximum absolute atomic E-state index is 12.0. The van der Waals surface area contributed by atoms with E-state index >= 15 is 0 Å². The zero-order valence-electron chi connectivity index (χ0n) is 13.7. The van der Waals surface area contributed by atoms with Crippen molar-refractivity contribution in [3.63, 3.8) is 0 Å². The number of piperidine rings is 1. The first-order valence-corrected chi connectivity index (χ1v) is 8.49. The highest BCUT2D eigenvalue weighted by Gasteiger charge is 2.27. The summed E-state index contributed by atoms with van der Waals surface area (Å²) in [5.41, 5.74) is 1.09. The molecule has 3 rings (SSSR count). The number of nitrogens with zero attached hydrogens (tertiary/aromatic N) is 2. The van der Waals surface area contributed by atoms with Gasteiger partial charge in [0, 0.05) is 31.6 Å². The van der Waals surface area contributed by atoms with Gasteiger partial charge in [-0.1, -0.05) is 23.7 Å². The van der Waals surface area contributed by atoms with Gasteiger partial charge in [0.05, 0.1) is 12.1 Å². The molecule has 1 fully saturated rings. The highest BCUT2D eigenvalue weighted by molar-refractivity contribution is 6.30. The average Bonchev–Trinajstić information content (AvgIpc) is 3.04. The zero-order chi connectivity index (χ0) is 16.9. The molecule has 6 heteroatoms. The smallest absolute Gasteiger partial charge is 0.248 e. The second-order valence-electron chi connectivity index (χ2n) is 6.08. The van der Waals surface area contributed by atoms with Crippen LogP contribution in [0.2, 0.25) is 5.02 Å². The van der Waals surface area contributed by atoms with Crippen LogP contribution in [0.25, 0.3) is 0 Å². The van der Waals surface area contributed by atoms with Gasteiger partial charge in [0.2, 0.25) is 5.91 Å². The molecular formula is C18H21ClN2O3. The molecule has 5 nitrogen and oxygen atoms in total. The molecule has 1 atom stereocenters. The summed E-state index contributed by atoms with van der Waals surface area (Å²) in [7, 11) is 1.54. The third-order valence-electron chi connectivity index (χ3n) is 4.23. The number of aromatic nitrogens is 1. The normalized spacial score (nSPS) is 17.9. The standard InChI is InChI=1S/C18H21ClN2O3/c1-23-12-17(22)21-7-3-5-14(11-21)18-20-10-16(24-18)9-13-4-2-6-15(19)8-13/h2,4,6,8,10,14H,3,5,7,9,11-12H2,1H3/t14-/m0/s1. The van der Waals surface area contributed by atoms with Gasteiger partial charge < -0.3 is 14.1 Å². The molecule has 1 amide bonds. The topological polar surface area (TPSA) is 55.6 Å². The van der Waals surface area contributed by atoms with Crippen molar-refractivity contribution in [2.75, 3.05) is 26.8 Å². The molecule has 24 heavy (non-hydrogen) atoms. The Morgan fingerprint density at radius 2 is 2.38 bits per heavy atom. The van der Waals surface area contributed by atoms with E-state index in [0.29, 0.717) is 23.9 Å². The van der Waals surface area contributed by atoms with Crippen molar-refractivity contribution in [3.8, 4) is 0 Å². The Morgan fingerprint density at radius 1 is 1.50 bits per heavy atom. The predicted octanol–water partition coefficient (Wildman–Crippen LogP) is 3.27. The van der Waals surface area contributed by atoms with Crippen LogP contribution in [-0.4, -0.2) is 42.6 Å². The number of hydrogen-bond acceptors (Lipinski definition) is 4. The lowest BCUT2D eigenvalue weighted by Crippen LogP contribution is -2.40. The van der Waals surface area contributed by atoms with E-state index in [1.54, 1.807) is 6.20 Å². The molecule has 0 spiro atoms. The Labute approximate surface area is 146 Å². The van der Waals surface area contributed by atoms with Crippen molar-refractivity contribution in [2.45, 2.75) is 25.2 Å². The van der Waals surface area contributed by atoms with Crippen molar-refractivity contribution in [2.24, 2.45) is 0 Å². The summed E-state index contributed by atoms with van der Waals surface area (Å²) in [6.07, 6.45) is 4.36. The predicted molar refractivity (Wildman–Crippen MR) is 91.2 cm³/mol. The van der Waals surface area contributed by atoms with Crippen molar-refractivity contribution in [3.05, 3.63) is 52.7 Å². The van der Waals surface area contributed by atoms with Crippen LogP contribution in [-0.2, 0) is 16.0 Å². The molecule has 1 aliphatic heterocycles. The van der Waals surface area contributed by atoms with E-state index in [1.807, 2.05) is 29.2 Å². The first-order valence-electron chi connectivity index (χ1n) is 8.11.